The van der Waals surface area contributed by atoms with Crippen LogP contribution in [0.5, 0.6) is 0 Å². The van der Waals surface area contributed by atoms with E-state index in [4.69, 9.17) is 23.2 Å². The highest BCUT2D eigenvalue weighted by molar-refractivity contribution is 8.00. The lowest BCUT2D eigenvalue weighted by Crippen LogP contribution is -2.33. The van der Waals surface area contributed by atoms with E-state index in [-0.39, 0.29) is 23.8 Å². The van der Waals surface area contributed by atoms with Crippen molar-refractivity contribution in [2.24, 2.45) is 0 Å². The molecule has 8 heteroatoms. The fraction of sp³-hybridized carbons (Fsp3) is 0.211. The first-order valence-corrected chi connectivity index (χ1v) is 10.1. The zero-order valence-corrected chi connectivity index (χ0v) is 16.9. The number of nitrogens with one attached hydrogen (secondary N) is 1. The maximum Gasteiger partial charge on any atom is 0.258 e. The van der Waals surface area contributed by atoms with Gasteiger partial charge in [0.25, 0.3) is 5.56 Å². The minimum absolute atomic E-state index is 0.0747. The maximum atomic E-state index is 12.6. The van der Waals surface area contributed by atoms with Crippen molar-refractivity contribution in [1.29, 1.82) is 0 Å². The number of halogens is 2. The largest absolute Gasteiger partial charge is 0.335 e. The molecule has 3 aromatic rings. The second-order valence-electron chi connectivity index (χ2n) is 5.80. The van der Waals surface area contributed by atoms with E-state index in [1.165, 1.54) is 11.8 Å². The number of aromatic amines is 1. The van der Waals surface area contributed by atoms with Crippen molar-refractivity contribution in [3.8, 4) is 0 Å². The molecule has 0 radical (unpaired) electrons. The van der Waals surface area contributed by atoms with Gasteiger partial charge in [-0.3, -0.25) is 9.59 Å². The summed E-state index contributed by atoms with van der Waals surface area (Å²) in [6.07, 6.45) is 0. The zero-order valence-electron chi connectivity index (χ0n) is 14.5. The maximum absolute atomic E-state index is 12.6. The van der Waals surface area contributed by atoms with Gasteiger partial charge in [-0.25, -0.2) is 4.98 Å². The van der Waals surface area contributed by atoms with Gasteiger partial charge in [-0.15, -0.1) is 11.8 Å². The summed E-state index contributed by atoms with van der Waals surface area (Å²) in [6, 6.07) is 12.3. The van der Waals surface area contributed by atoms with Gasteiger partial charge in [0.2, 0.25) is 5.91 Å². The molecule has 0 aliphatic carbocycles. The minimum atomic E-state index is -0.209. The summed E-state index contributed by atoms with van der Waals surface area (Å²) in [5, 5.41) is 1.65. The summed E-state index contributed by atoms with van der Waals surface area (Å²) >= 11 is 13.5. The Kier molecular flexibility index (Phi) is 6.42. The van der Waals surface area contributed by atoms with Gasteiger partial charge < -0.3 is 9.88 Å². The Morgan fingerprint density at radius 2 is 2.00 bits per heavy atom. The Balaban J connectivity index is 1.72. The Hall–Kier alpha value is -2.02. The predicted octanol–water partition coefficient (Wildman–Crippen LogP) is 4.37. The topological polar surface area (TPSA) is 66.1 Å². The summed E-state index contributed by atoms with van der Waals surface area (Å²) in [5.41, 5.74) is 0.402. The molecule has 2 aromatic carbocycles. The molecule has 5 nitrogen and oxygen atoms in total. The van der Waals surface area contributed by atoms with Crippen LogP contribution in [-0.2, 0) is 11.3 Å². The number of fused-ring (bicyclic) bond motifs is 1. The first-order valence-electron chi connectivity index (χ1n) is 8.31. The quantitative estimate of drug-likeness (QED) is 0.599. The molecule has 0 atom stereocenters. The van der Waals surface area contributed by atoms with E-state index in [0.29, 0.717) is 33.3 Å². The molecular weight excluding hydrogens is 405 g/mol. The van der Waals surface area contributed by atoms with Crippen LogP contribution in [0.1, 0.15) is 12.7 Å². The van der Waals surface area contributed by atoms with Crippen LogP contribution in [-0.4, -0.2) is 33.1 Å². The Morgan fingerprint density at radius 1 is 1.22 bits per heavy atom. The third-order valence-electron chi connectivity index (χ3n) is 3.98. The average molecular weight is 422 g/mol. The smallest absolute Gasteiger partial charge is 0.258 e. The highest BCUT2D eigenvalue weighted by Crippen LogP contribution is 2.30. The monoisotopic (exact) mass is 421 g/mol. The van der Waals surface area contributed by atoms with Gasteiger partial charge in [-0.05, 0) is 37.3 Å². The molecular formula is C19H17Cl2N3O2S. The van der Waals surface area contributed by atoms with Gasteiger partial charge in [0.15, 0.2) is 0 Å². The van der Waals surface area contributed by atoms with Crippen LogP contribution < -0.4 is 5.56 Å². The van der Waals surface area contributed by atoms with Crippen molar-refractivity contribution in [2.45, 2.75) is 18.4 Å². The Bertz CT molecular complexity index is 1040. The molecule has 1 amide bonds. The van der Waals surface area contributed by atoms with Crippen molar-refractivity contribution >= 4 is 51.8 Å². The van der Waals surface area contributed by atoms with Crippen LogP contribution in [0, 0.1) is 0 Å². The van der Waals surface area contributed by atoms with Crippen molar-refractivity contribution in [3.05, 3.63) is 68.7 Å². The summed E-state index contributed by atoms with van der Waals surface area (Å²) in [5.74, 6) is 0.597. The lowest BCUT2D eigenvalue weighted by molar-refractivity contribution is -0.128. The SMILES string of the molecule is CCN(Cc1nc2ccccc2c(=O)[nH]1)C(=O)CSc1cc(Cl)ccc1Cl. The van der Waals surface area contributed by atoms with Crippen LogP contribution in [0.4, 0.5) is 0 Å². The van der Waals surface area contributed by atoms with E-state index in [9.17, 15) is 9.59 Å². The number of aromatic nitrogens is 2. The molecule has 0 saturated carbocycles. The van der Waals surface area contributed by atoms with E-state index in [1.54, 1.807) is 41.3 Å². The fourth-order valence-electron chi connectivity index (χ4n) is 2.59. The Labute approximate surface area is 170 Å². The number of para-hydroxylation sites is 1. The number of rotatable bonds is 6. The molecule has 0 spiro atoms. The molecule has 0 aliphatic heterocycles. The standard InChI is InChI=1S/C19H17Cl2N3O2S/c1-2-24(18(25)11-27-16-9-12(20)7-8-14(16)21)10-17-22-15-6-4-3-5-13(15)19(26)23-17/h3-9H,2,10-11H2,1H3,(H,22,23,26). The normalized spacial score (nSPS) is 10.9. The molecule has 0 fully saturated rings. The van der Waals surface area contributed by atoms with Gasteiger partial charge in [-0.2, -0.15) is 0 Å². The van der Waals surface area contributed by atoms with Crippen molar-refractivity contribution in [3.63, 3.8) is 0 Å². The number of carbonyl (C=O) groups is 1. The molecule has 0 saturated heterocycles. The first-order chi connectivity index (χ1) is 13.0. The van der Waals surface area contributed by atoms with E-state index in [2.05, 4.69) is 9.97 Å². The molecule has 27 heavy (non-hydrogen) atoms. The van der Waals surface area contributed by atoms with Crippen molar-refractivity contribution in [2.75, 3.05) is 12.3 Å². The second-order valence-corrected chi connectivity index (χ2v) is 7.66. The van der Waals surface area contributed by atoms with Crippen molar-refractivity contribution < 1.29 is 4.79 Å². The van der Waals surface area contributed by atoms with Gasteiger partial charge in [0.05, 0.1) is 28.2 Å². The molecule has 0 bridgehead atoms. The minimum Gasteiger partial charge on any atom is -0.335 e. The van der Waals surface area contributed by atoms with Gasteiger partial charge >= 0.3 is 0 Å². The molecule has 1 aromatic heterocycles. The second kappa shape index (κ2) is 8.78. The molecule has 0 unspecified atom stereocenters. The predicted molar refractivity (Wildman–Crippen MR) is 111 cm³/mol. The summed E-state index contributed by atoms with van der Waals surface area (Å²) in [4.78, 5) is 34.4. The third kappa shape index (κ3) is 4.83. The Morgan fingerprint density at radius 3 is 2.78 bits per heavy atom. The van der Waals surface area contributed by atoms with Gasteiger partial charge in [0, 0.05) is 16.5 Å². The summed E-state index contributed by atoms with van der Waals surface area (Å²) < 4.78 is 0. The number of amides is 1. The molecule has 1 N–H and O–H groups in total. The van der Waals surface area contributed by atoms with Gasteiger partial charge in [0.1, 0.15) is 5.82 Å². The number of thioether (sulfide) groups is 1. The van der Waals surface area contributed by atoms with Crippen LogP contribution in [0.3, 0.4) is 0 Å². The number of carbonyl (C=O) groups excluding carboxylic acids is 1. The molecule has 1 heterocycles. The van der Waals surface area contributed by atoms with E-state index >= 15 is 0 Å². The first kappa shape index (κ1) is 19.7. The van der Waals surface area contributed by atoms with Crippen LogP contribution in [0.25, 0.3) is 10.9 Å². The number of H-pyrrole nitrogens is 1. The van der Waals surface area contributed by atoms with Gasteiger partial charge in [-0.1, -0.05) is 35.3 Å². The average Bonchev–Trinajstić information content (AvgIpc) is 2.66. The zero-order chi connectivity index (χ0) is 19.4. The van der Waals surface area contributed by atoms with Crippen LogP contribution >= 0.6 is 35.0 Å². The highest BCUT2D eigenvalue weighted by atomic mass is 35.5. The van der Waals surface area contributed by atoms with Crippen LogP contribution in [0.15, 0.2) is 52.2 Å². The number of hydrogen-bond donors (Lipinski definition) is 1. The highest BCUT2D eigenvalue weighted by Gasteiger charge is 2.15. The van der Waals surface area contributed by atoms with E-state index < -0.39 is 0 Å². The van der Waals surface area contributed by atoms with Crippen LogP contribution in [0.2, 0.25) is 10.0 Å². The third-order valence-corrected chi connectivity index (χ3v) is 5.70. The van der Waals surface area contributed by atoms with E-state index in [0.717, 1.165) is 4.90 Å². The van der Waals surface area contributed by atoms with Crippen molar-refractivity contribution in [1.82, 2.24) is 14.9 Å². The molecule has 3 rings (SSSR count). The number of benzene rings is 2. The summed E-state index contributed by atoms with van der Waals surface area (Å²) in [7, 11) is 0. The van der Waals surface area contributed by atoms with E-state index in [1.807, 2.05) is 13.0 Å². The number of hydrogen-bond acceptors (Lipinski definition) is 4. The lowest BCUT2D eigenvalue weighted by atomic mass is 10.2. The molecule has 140 valence electrons. The lowest BCUT2D eigenvalue weighted by Gasteiger charge is -2.20. The summed E-state index contributed by atoms with van der Waals surface area (Å²) in [6.45, 7) is 2.62. The number of nitrogens with zero attached hydrogens (tertiary/aromatic N) is 2. The fourth-order valence-corrected chi connectivity index (χ4v) is 3.98. The molecule has 0 aliphatic rings.